The summed E-state index contributed by atoms with van der Waals surface area (Å²) < 4.78 is 1.77. The molecular weight excluding hydrogens is 180 g/mol. The Hall–Kier alpha value is -1.36. The molecule has 0 spiro atoms. The molecule has 2 N–H and O–H groups in total. The quantitative estimate of drug-likeness (QED) is 0.719. The third kappa shape index (κ3) is 3.18. The van der Waals surface area contributed by atoms with E-state index in [2.05, 4.69) is 15.7 Å². The first kappa shape index (κ1) is 10.7. The fourth-order valence-electron chi connectivity index (χ4n) is 1.06. The molecule has 0 unspecified atom stereocenters. The van der Waals surface area contributed by atoms with Crippen LogP contribution in [0.15, 0.2) is 12.4 Å². The summed E-state index contributed by atoms with van der Waals surface area (Å²) in [6.07, 6.45) is 3.95. The van der Waals surface area contributed by atoms with E-state index in [9.17, 15) is 4.79 Å². The molecule has 0 bridgehead atoms. The van der Waals surface area contributed by atoms with Gasteiger partial charge in [-0.3, -0.25) is 9.48 Å². The number of aryl methyl sites for hydroxylation is 1. The summed E-state index contributed by atoms with van der Waals surface area (Å²) >= 11 is 0. The van der Waals surface area contributed by atoms with Crippen LogP contribution in [0.1, 0.15) is 13.3 Å². The number of rotatable bonds is 5. The van der Waals surface area contributed by atoms with Crippen LogP contribution in [0.4, 0.5) is 5.69 Å². The van der Waals surface area contributed by atoms with Crippen molar-refractivity contribution in [3.63, 3.8) is 0 Å². The summed E-state index contributed by atoms with van der Waals surface area (Å²) in [7, 11) is 1.82. The van der Waals surface area contributed by atoms with Crippen molar-refractivity contribution in [2.24, 2.45) is 0 Å². The van der Waals surface area contributed by atoms with E-state index >= 15 is 0 Å². The minimum atomic E-state index is 0.00926. The average Bonchev–Trinajstić information content (AvgIpc) is 2.62. The Bertz CT molecular complexity index is 295. The van der Waals surface area contributed by atoms with Crippen LogP contribution in [0.3, 0.4) is 0 Å². The number of nitrogens with one attached hydrogen (secondary N) is 2. The van der Waals surface area contributed by atoms with Gasteiger partial charge in [0, 0.05) is 25.7 Å². The molecule has 1 rings (SSSR count). The monoisotopic (exact) mass is 196 g/mol. The lowest BCUT2D eigenvalue weighted by Crippen LogP contribution is -2.18. The van der Waals surface area contributed by atoms with Crippen LogP contribution in [-0.2, 0) is 11.3 Å². The zero-order valence-electron chi connectivity index (χ0n) is 8.58. The number of nitrogens with zero attached hydrogens (tertiary/aromatic N) is 2. The van der Waals surface area contributed by atoms with Crippen molar-refractivity contribution in [3.05, 3.63) is 12.4 Å². The molecule has 5 heteroatoms. The van der Waals surface area contributed by atoms with E-state index in [1.54, 1.807) is 10.9 Å². The van der Waals surface area contributed by atoms with Crippen LogP contribution >= 0.6 is 0 Å². The van der Waals surface area contributed by atoms with Gasteiger partial charge in [0.25, 0.3) is 0 Å². The van der Waals surface area contributed by atoms with Gasteiger partial charge >= 0.3 is 0 Å². The van der Waals surface area contributed by atoms with Crippen LogP contribution in [0.25, 0.3) is 0 Å². The first-order chi connectivity index (χ1) is 6.76. The van der Waals surface area contributed by atoms with Crippen LogP contribution in [0, 0.1) is 0 Å². The number of carbonyl (C=O) groups is 1. The molecule has 0 radical (unpaired) electrons. The Morgan fingerprint density at radius 3 is 3.00 bits per heavy atom. The van der Waals surface area contributed by atoms with E-state index in [-0.39, 0.29) is 5.91 Å². The lowest BCUT2D eigenvalue weighted by molar-refractivity contribution is -0.116. The van der Waals surface area contributed by atoms with Crippen molar-refractivity contribution >= 4 is 11.6 Å². The molecule has 0 aliphatic carbocycles. The third-order valence-electron chi connectivity index (χ3n) is 1.84. The molecule has 0 aliphatic rings. The first-order valence-electron chi connectivity index (χ1n) is 4.73. The predicted molar refractivity (Wildman–Crippen MR) is 55.1 cm³/mol. The van der Waals surface area contributed by atoms with Gasteiger partial charge in [-0.2, -0.15) is 5.10 Å². The van der Waals surface area contributed by atoms with Crippen molar-refractivity contribution in [2.45, 2.75) is 19.9 Å². The van der Waals surface area contributed by atoms with Crippen molar-refractivity contribution in [2.75, 3.05) is 18.9 Å². The predicted octanol–water partition coefficient (Wildman–Crippen LogP) is 0.451. The molecule has 0 aliphatic heterocycles. The molecule has 14 heavy (non-hydrogen) atoms. The normalized spacial score (nSPS) is 10.1. The Morgan fingerprint density at radius 2 is 2.43 bits per heavy atom. The lowest BCUT2D eigenvalue weighted by atomic mass is 10.4. The molecule has 1 heterocycles. The largest absolute Gasteiger partial charge is 0.323 e. The maximum atomic E-state index is 11.3. The van der Waals surface area contributed by atoms with Crippen molar-refractivity contribution < 1.29 is 4.79 Å². The van der Waals surface area contributed by atoms with Gasteiger partial charge in [0.2, 0.25) is 5.91 Å². The van der Waals surface area contributed by atoms with Crippen LogP contribution < -0.4 is 10.6 Å². The molecule has 1 aromatic heterocycles. The van der Waals surface area contributed by atoms with Gasteiger partial charge in [-0.15, -0.1) is 0 Å². The number of hydrogen-bond acceptors (Lipinski definition) is 3. The fourth-order valence-corrected chi connectivity index (χ4v) is 1.06. The molecule has 0 atom stereocenters. The van der Waals surface area contributed by atoms with E-state index in [0.717, 1.165) is 12.2 Å². The van der Waals surface area contributed by atoms with E-state index in [4.69, 9.17) is 0 Å². The maximum absolute atomic E-state index is 11.3. The first-order valence-corrected chi connectivity index (χ1v) is 4.73. The molecule has 5 nitrogen and oxygen atoms in total. The number of amides is 1. The summed E-state index contributed by atoms with van der Waals surface area (Å²) in [4.78, 5) is 11.3. The molecule has 0 aromatic carbocycles. The fraction of sp³-hybridized carbons (Fsp3) is 0.556. The highest BCUT2D eigenvalue weighted by Crippen LogP contribution is 2.04. The van der Waals surface area contributed by atoms with Crippen molar-refractivity contribution in [1.29, 1.82) is 0 Å². The summed E-state index contributed by atoms with van der Waals surface area (Å²) in [5, 5.41) is 9.74. The second kappa shape index (κ2) is 5.39. The molecular formula is C9H16N4O. The zero-order valence-corrected chi connectivity index (χ0v) is 8.58. The molecule has 0 saturated carbocycles. The second-order valence-corrected chi connectivity index (χ2v) is 2.99. The van der Waals surface area contributed by atoms with Gasteiger partial charge in [-0.1, -0.05) is 0 Å². The SMILES string of the molecule is CCn1cc(NC(=O)CCNC)cn1. The molecule has 0 fully saturated rings. The summed E-state index contributed by atoms with van der Waals surface area (Å²) in [5.41, 5.74) is 0.757. The summed E-state index contributed by atoms with van der Waals surface area (Å²) in [6.45, 7) is 3.50. The van der Waals surface area contributed by atoms with Gasteiger partial charge in [0.15, 0.2) is 0 Å². The number of hydrogen-bond donors (Lipinski definition) is 2. The van der Waals surface area contributed by atoms with Gasteiger partial charge in [-0.05, 0) is 14.0 Å². The van der Waals surface area contributed by atoms with E-state index in [0.29, 0.717) is 13.0 Å². The van der Waals surface area contributed by atoms with Gasteiger partial charge in [0.05, 0.1) is 11.9 Å². The van der Waals surface area contributed by atoms with Crippen LogP contribution in [0.2, 0.25) is 0 Å². The van der Waals surface area contributed by atoms with Crippen LogP contribution in [-0.4, -0.2) is 29.3 Å². The number of anilines is 1. The minimum absolute atomic E-state index is 0.00926. The molecule has 1 amide bonds. The lowest BCUT2D eigenvalue weighted by Gasteiger charge is -2.00. The zero-order chi connectivity index (χ0) is 10.4. The summed E-state index contributed by atoms with van der Waals surface area (Å²) in [6, 6.07) is 0. The standard InChI is InChI=1S/C9H16N4O/c1-3-13-7-8(6-11-13)12-9(14)4-5-10-2/h6-7,10H,3-5H2,1-2H3,(H,12,14). The van der Waals surface area contributed by atoms with Gasteiger partial charge in [-0.25, -0.2) is 0 Å². The van der Waals surface area contributed by atoms with Crippen LogP contribution in [0.5, 0.6) is 0 Å². The topological polar surface area (TPSA) is 59.0 Å². The summed E-state index contributed by atoms with van der Waals surface area (Å²) in [5.74, 6) is 0.00926. The second-order valence-electron chi connectivity index (χ2n) is 2.99. The van der Waals surface area contributed by atoms with E-state index < -0.39 is 0 Å². The Morgan fingerprint density at radius 1 is 1.64 bits per heavy atom. The van der Waals surface area contributed by atoms with Crippen molar-refractivity contribution in [1.82, 2.24) is 15.1 Å². The molecule has 78 valence electrons. The maximum Gasteiger partial charge on any atom is 0.225 e. The number of aromatic nitrogens is 2. The van der Waals surface area contributed by atoms with Crippen molar-refractivity contribution in [3.8, 4) is 0 Å². The Balaban J connectivity index is 2.39. The van der Waals surface area contributed by atoms with Gasteiger partial charge < -0.3 is 10.6 Å². The average molecular weight is 196 g/mol. The highest BCUT2D eigenvalue weighted by atomic mass is 16.1. The molecule has 0 saturated heterocycles. The van der Waals surface area contributed by atoms with E-state index in [1.807, 2.05) is 20.2 Å². The molecule has 1 aromatic rings. The van der Waals surface area contributed by atoms with Gasteiger partial charge in [0.1, 0.15) is 0 Å². The Labute approximate surface area is 83.5 Å². The number of carbonyl (C=O) groups excluding carboxylic acids is 1. The third-order valence-corrected chi connectivity index (χ3v) is 1.84. The van der Waals surface area contributed by atoms with E-state index in [1.165, 1.54) is 0 Å². The Kier molecular flexibility index (Phi) is 4.12. The highest BCUT2D eigenvalue weighted by Gasteiger charge is 2.02. The smallest absolute Gasteiger partial charge is 0.225 e. The highest BCUT2D eigenvalue weighted by molar-refractivity contribution is 5.90. The minimum Gasteiger partial charge on any atom is -0.323 e.